The Morgan fingerprint density at radius 1 is 1.04 bits per heavy atom. The number of ether oxygens (including phenoxy) is 2. The zero-order chi connectivity index (χ0) is 16.8. The van der Waals surface area contributed by atoms with Crippen molar-refractivity contribution < 1.29 is 13.9 Å². The average molecular weight is 332 g/mol. The first-order valence-electron chi connectivity index (χ1n) is 9.41. The molecule has 0 saturated carbocycles. The van der Waals surface area contributed by atoms with E-state index >= 15 is 0 Å². The van der Waals surface area contributed by atoms with Crippen LogP contribution in [0.4, 0.5) is 4.39 Å². The van der Waals surface area contributed by atoms with Crippen LogP contribution in [-0.4, -0.2) is 13.2 Å². The van der Waals surface area contributed by atoms with Gasteiger partial charge in [0.15, 0.2) is 6.29 Å². The van der Waals surface area contributed by atoms with Gasteiger partial charge in [-0.2, -0.15) is 0 Å². The third kappa shape index (κ3) is 4.90. The molecule has 0 spiro atoms. The number of hydrogen-bond acceptors (Lipinski definition) is 2. The molecular weight excluding hydrogens is 303 g/mol. The molecule has 1 heterocycles. The number of rotatable bonds is 6. The summed E-state index contributed by atoms with van der Waals surface area (Å²) >= 11 is 0. The number of hydrogen-bond donors (Lipinski definition) is 0. The summed E-state index contributed by atoms with van der Waals surface area (Å²) in [6.07, 6.45) is 8.61. The Labute approximate surface area is 145 Å². The zero-order valence-electron chi connectivity index (χ0n) is 14.7. The first kappa shape index (κ1) is 17.6. The van der Waals surface area contributed by atoms with Gasteiger partial charge in [0.2, 0.25) is 0 Å². The summed E-state index contributed by atoms with van der Waals surface area (Å²) in [5.41, 5.74) is 2.45. The fourth-order valence-electron chi connectivity index (χ4n) is 3.64. The molecule has 1 aromatic rings. The topological polar surface area (TPSA) is 18.5 Å². The van der Waals surface area contributed by atoms with E-state index in [1.165, 1.54) is 18.4 Å². The molecule has 3 heteroatoms. The summed E-state index contributed by atoms with van der Waals surface area (Å²) in [7, 11) is 0. The van der Waals surface area contributed by atoms with Crippen molar-refractivity contribution in [1.29, 1.82) is 0 Å². The predicted molar refractivity (Wildman–Crippen MR) is 94.3 cm³/mol. The van der Waals surface area contributed by atoms with E-state index in [0.717, 1.165) is 44.5 Å². The minimum Gasteiger partial charge on any atom is -0.348 e. The van der Waals surface area contributed by atoms with Crippen molar-refractivity contribution in [2.24, 2.45) is 11.8 Å². The number of benzene rings is 1. The number of halogens is 1. The molecule has 0 aromatic heterocycles. The Morgan fingerprint density at radius 3 is 2.42 bits per heavy atom. The Morgan fingerprint density at radius 2 is 1.79 bits per heavy atom. The molecule has 1 aromatic carbocycles. The lowest BCUT2D eigenvalue weighted by Gasteiger charge is -2.29. The quantitative estimate of drug-likeness (QED) is 0.662. The van der Waals surface area contributed by atoms with E-state index in [1.807, 2.05) is 0 Å². The number of allylic oxidation sites excluding steroid dienone is 2. The molecular formula is C21H29FO2. The predicted octanol–water partition coefficient (Wildman–Crippen LogP) is 5.73. The smallest absolute Gasteiger partial charge is 0.183 e. The van der Waals surface area contributed by atoms with Gasteiger partial charge >= 0.3 is 0 Å². The highest BCUT2D eigenvalue weighted by atomic mass is 19.1. The lowest BCUT2D eigenvalue weighted by molar-refractivity contribution is -0.206. The van der Waals surface area contributed by atoms with Crippen molar-refractivity contribution in [3.63, 3.8) is 0 Å². The van der Waals surface area contributed by atoms with E-state index in [0.29, 0.717) is 18.3 Å². The second-order valence-electron chi connectivity index (χ2n) is 7.22. The molecule has 1 aliphatic heterocycles. The van der Waals surface area contributed by atoms with Crippen molar-refractivity contribution in [1.82, 2.24) is 0 Å². The third-order valence-corrected chi connectivity index (χ3v) is 5.22. The lowest BCUT2D eigenvalue weighted by atomic mass is 9.88. The first-order chi connectivity index (χ1) is 11.7. The first-order valence-corrected chi connectivity index (χ1v) is 9.41. The molecule has 2 nitrogen and oxygen atoms in total. The highest BCUT2D eigenvalue weighted by Gasteiger charge is 2.23. The Kier molecular flexibility index (Phi) is 6.44. The van der Waals surface area contributed by atoms with Crippen LogP contribution in [0.15, 0.2) is 36.2 Å². The van der Waals surface area contributed by atoms with Crippen molar-refractivity contribution in [2.45, 2.75) is 58.2 Å². The van der Waals surface area contributed by atoms with Crippen LogP contribution in [0.2, 0.25) is 0 Å². The average Bonchev–Trinajstić information content (AvgIpc) is 2.63. The van der Waals surface area contributed by atoms with Gasteiger partial charge in [-0.15, -0.1) is 0 Å². The van der Waals surface area contributed by atoms with E-state index in [4.69, 9.17) is 9.47 Å². The molecule has 0 amide bonds. The highest BCUT2D eigenvalue weighted by molar-refractivity contribution is 5.23. The van der Waals surface area contributed by atoms with Gasteiger partial charge in [0, 0.05) is 11.5 Å². The van der Waals surface area contributed by atoms with Gasteiger partial charge in [-0.3, -0.25) is 0 Å². The largest absolute Gasteiger partial charge is 0.348 e. The molecule has 1 aliphatic carbocycles. The second-order valence-corrected chi connectivity index (χ2v) is 7.22. The van der Waals surface area contributed by atoms with Gasteiger partial charge in [0.1, 0.15) is 0 Å². The summed E-state index contributed by atoms with van der Waals surface area (Å²) in [5.74, 6) is 1.24. The lowest BCUT2D eigenvalue weighted by Crippen LogP contribution is -2.26. The zero-order valence-corrected chi connectivity index (χ0v) is 14.7. The van der Waals surface area contributed by atoms with Gasteiger partial charge < -0.3 is 9.47 Å². The van der Waals surface area contributed by atoms with Gasteiger partial charge in [-0.1, -0.05) is 43.7 Å². The van der Waals surface area contributed by atoms with Crippen LogP contribution in [0.5, 0.6) is 0 Å². The molecule has 2 aliphatic rings. The normalized spacial score (nSPS) is 27.8. The standard InChI is InChI=1S/C21H29FO2/c1-2-3-18-14-23-21(24-15-18)19-10-6-16(7-11-19)4-5-17-8-12-20(22)13-9-17/h6-7,10-12,17-18,21H,2-5,8-9,13-15H2,1H3/t17?,18-,21-. The van der Waals surface area contributed by atoms with Crippen LogP contribution in [0.3, 0.4) is 0 Å². The monoisotopic (exact) mass is 332 g/mol. The Bertz CT molecular complexity index is 529. The second kappa shape index (κ2) is 8.77. The molecule has 0 N–H and O–H groups in total. The van der Waals surface area contributed by atoms with E-state index in [1.54, 1.807) is 6.08 Å². The molecule has 3 rings (SSSR count). The molecule has 24 heavy (non-hydrogen) atoms. The molecule has 1 unspecified atom stereocenters. The third-order valence-electron chi connectivity index (χ3n) is 5.22. The molecule has 1 atom stereocenters. The summed E-state index contributed by atoms with van der Waals surface area (Å²) in [5, 5.41) is 0. The fraction of sp³-hybridized carbons (Fsp3) is 0.619. The molecule has 132 valence electrons. The summed E-state index contributed by atoms with van der Waals surface area (Å²) in [6, 6.07) is 8.61. The molecule has 0 radical (unpaired) electrons. The summed E-state index contributed by atoms with van der Waals surface area (Å²) in [4.78, 5) is 0. The summed E-state index contributed by atoms with van der Waals surface area (Å²) in [6.45, 7) is 3.79. The van der Waals surface area contributed by atoms with Crippen LogP contribution in [0, 0.1) is 11.8 Å². The fourth-order valence-corrected chi connectivity index (χ4v) is 3.64. The highest BCUT2D eigenvalue weighted by Crippen LogP contribution is 2.29. The molecule has 0 bridgehead atoms. The van der Waals surface area contributed by atoms with Crippen LogP contribution in [0.1, 0.15) is 62.9 Å². The van der Waals surface area contributed by atoms with Crippen LogP contribution >= 0.6 is 0 Å². The van der Waals surface area contributed by atoms with Gasteiger partial charge in [0.25, 0.3) is 0 Å². The van der Waals surface area contributed by atoms with Gasteiger partial charge in [0.05, 0.1) is 19.0 Å². The Hall–Kier alpha value is -1.19. The van der Waals surface area contributed by atoms with Crippen LogP contribution in [0.25, 0.3) is 0 Å². The van der Waals surface area contributed by atoms with Crippen molar-refractivity contribution >= 4 is 0 Å². The van der Waals surface area contributed by atoms with Gasteiger partial charge in [-0.05, 0) is 50.0 Å². The van der Waals surface area contributed by atoms with Crippen LogP contribution in [-0.2, 0) is 15.9 Å². The minimum atomic E-state index is -0.210. The number of aryl methyl sites for hydroxylation is 1. The van der Waals surface area contributed by atoms with Crippen LogP contribution < -0.4 is 0 Å². The van der Waals surface area contributed by atoms with Crippen molar-refractivity contribution in [2.75, 3.05) is 13.2 Å². The summed E-state index contributed by atoms with van der Waals surface area (Å²) < 4.78 is 24.8. The van der Waals surface area contributed by atoms with Gasteiger partial charge in [-0.25, -0.2) is 4.39 Å². The minimum absolute atomic E-state index is 0.0734. The Balaban J connectivity index is 1.45. The molecule has 1 saturated heterocycles. The van der Waals surface area contributed by atoms with Crippen molar-refractivity contribution in [3.05, 3.63) is 47.3 Å². The van der Waals surface area contributed by atoms with E-state index < -0.39 is 0 Å². The van der Waals surface area contributed by atoms with E-state index in [9.17, 15) is 4.39 Å². The maximum Gasteiger partial charge on any atom is 0.183 e. The van der Waals surface area contributed by atoms with Crippen molar-refractivity contribution in [3.8, 4) is 0 Å². The SMILES string of the molecule is CCC[C@H]1CO[C@H](c2ccc(CCC3CC=C(F)CC3)cc2)OC1. The maximum atomic E-state index is 13.0. The van der Waals surface area contributed by atoms with E-state index in [-0.39, 0.29) is 12.1 Å². The molecule has 1 fully saturated rings. The maximum absolute atomic E-state index is 13.0. The van der Waals surface area contributed by atoms with E-state index in [2.05, 4.69) is 31.2 Å².